The Hall–Kier alpha value is -3.03. The zero-order chi connectivity index (χ0) is 17.3. The van der Waals surface area contributed by atoms with E-state index in [0.717, 1.165) is 11.4 Å². The van der Waals surface area contributed by atoms with Crippen LogP contribution in [0, 0.1) is 13.8 Å². The summed E-state index contributed by atoms with van der Waals surface area (Å²) in [4.78, 5) is 32.6. The van der Waals surface area contributed by atoms with Gasteiger partial charge < -0.3 is 9.73 Å². The molecule has 3 aromatic rings. The van der Waals surface area contributed by atoms with Crippen molar-refractivity contribution in [3.8, 4) is 0 Å². The number of fused-ring (bicyclic) bond motifs is 1. The molecule has 1 N–H and O–H groups in total. The van der Waals surface area contributed by atoms with Gasteiger partial charge in [0.05, 0.1) is 6.26 Å². The number of aryl methyl sites for hydroxylation is 2. The van der Waals surface area contributed by atoms with Crippen molar-refractivity contribution in [1.82, 2.24) is 24.9 Å². The van der Waals surface area contributed by atoms with Crippen molar-refractivity contribution >= 4 is 17.5 Å². The Morgan fingerprint density at radius 1 is 1.33 bits per heavy atom. The number of Topliss-reactive ketones (excluding diaryl/α,β-unsaturated/α-hetero) is 1. The summed E-state index contributed by atoms with van der Waals surface area (Å²) in [5.41, 5.74) is 1.64. The molecule has 8 heteroatoms. The number of furan rings is 1. The monoisotopic (exact) mass is 327 g/mol. The third kappa shape index (κ3) is 3.17. The van der Waals surface area contributed by atoms with E-state index in [2.05, 4.69) is 20.4 Å². The maximum atomic E-state index is 12.3. The van der Waals surface area contributed by atoms with Gasteiger partial charge in [-0.15, -0.1) is 5.10 Å². The third-order valence-electron chi connectivity index (χ3n) is 3.49. The van der Waals surface area contributed by atoms with Crippen LogP contribution in [0.25, 0.3) is 5.78 Å². The van der Waals surface area contributed by atoms with Crippen LogP contribution in [0.15, 0.2) is 28.9 Å². The number of ketones is 1. The minimum Gasteiger partial charge on any atom is -0.461 e. The maximum Gasteiger partial charge on any atom is 0.291 e. The number of amides is 1. The molecule has 0 aliphatic rings. The molecule has 0 spiro atoms. The molecule has 0 aliphatic carbocycles. The number of aromatic nitrogens is 4. The first-order valence-corrected chi connectivity index (χ1v) is 7.52. The molecule has 3 heterocycles. The fourth-order valence-corrected chi connectivity index (χ4v) is 2.42. The van der Waals surface area contributed by atoms with Crippen LogP contribution in [0.2, 0.25) is 0 Å². The van der Waals surface area contributed by atoms with Gasteiger partial charge in [-0.2, -0.15) is 4.98 Å². The predicted molar refractivity (Wildman–Crippen MR) is 84.8 cm³/mol. The van der Waals surface area contributed by atoms with Crippen molar-refractivity contribution in [3.05, 3.63) is 47.4 Å². The first-order chi connectivity index (χ1) is 11.4. The number of carbonyl (C=O) groups excluding carboxylic acids is 2. The molecule has 1 amide bonds. The summed E-state index contributed by atoms with van der Waals surface area (Å²) in [6.45, 7) is 5.45. The largest absolute Gasteiger partial charge is 0.461 e. The lowest BCUT2D eigenvalue weighted by molar-refractivity contribution is 0.0901. The van der Waals surface area contributed by atoms with E-state index in [0.29, 0.717) is 5.78 Å². The number of nitrogens with zero attached hydrogens (tertiary/aromatic N) is 4. The summed E-state index contributed by atoms with van der Waals surface area (Å²) in [6, 6.07) is 4.72. The maximum absolute atomic E-state index is 12.3. The molecule has 0 bridgehead atoms. The first kappa shape index (κ1) is 15.9. The van der Waals surface area contributed by atoms with Crippen molar-refractivity contribution in [2.45, 2.75) is 33.2 Å². The Labute approximate surface area is 137 Å². The van der Waals surface area contributed by atoms with Crippen molar-refractivity contribution in [3.63, 3.8) is 0 Å². The number of hydrogen-bond donors (Lipinski definition) is 1. The summed E-state index contributed by atoms with van der Waals surface area (Å²) < 4.78 is 6.57. The number of nitrogens with one attached hydrogen (secondary N) is 1. The first-order valence-electron chi connectivity index (χ1n) is 7.52. The highest BCUT2D eigenvalue weighted by molar-refractivity contribution is 5.95. The van der Waals surface area contributed by atoms with Crippen molar-refractivity contribution in [1.29, 1.82) is 0 Å². The SMILES string of the molecule is Cc1cc(C)n2nc(C(=O)NC(C)CC(=O)c3ccco3)nc2n1. The quantitative estimate of drug-likeness (QED) is 0.716. The molecule has 0 aliphatic heterocycles. The molecule has 3 aromatic heterocycles. The predicted octanol–water partition coefficient (Wildman–Crippen LogP) is 1.73. The fraction of sp³-hybridized carbons (Fsp3) is 0.312. The molecule has 0 saturated heterocycles. The van der Waals surface area contributed by atoms with Crippen LogP contribution in [0.4, 0.5) is 0 Å². The molecule has 0 saturated carbocycles. The van der Waals surface area contributed by atoms with Gasteiger partial charge in [-0.05, 0) is 39.0 Å². The molecule has 8 nitrogen and oxygen atoms in total. The normalized spacial score (nSPS) is 12.3. The van der Waals surface area contributed by atoms with Gasteiger partial charge in [0.25, 0.3) is 11.7 Å². The van der Waals surface area contributed by atoms with Crippen molar-refractivity contribution < 1.29 is 14.0 Å². The van der Waals surface area contributed by atoms with Gasteiger partial charge in [-0.25, -0.2) is 9.50 Å². The van der Waals surface area contributed by atoms with Gasteiger partial charge in [-0.3, -0.25) is 9.59 Å². The summed E-state index contributed by atoms with van der Waals surface area (Å²) in [6.07, 6.45) is 1.57. The second-order valence-electron chi connectivity index (χ2n) is 5.67. The van der Waals surface area contributed by atoms with Gasteiger partial charge in [0.2, 0.25) is 5.82 Å². The number of hydrogen-bond acceptors (Lipinski definition) is 6. The lowest BCUT2D eigenvalue weighted by atomic mass is 10.1. The van der Waals surface area contributed by atoms with Gasteiger partial charge in [-0.1, -0.05) is 0 Å². The average molecular weight is 327 g/mol. The topological polar surface area (TPSA) is 102 Å². The zero-order valence-corrected chi connectivity index (χ0v) is 13.6. The van der Waals surface area contributed by atoms with E-state index < -0.39 is 5.91 Å². The van der Waals surface area contributed by atoms with Crippen molar-refractivity contribution in [2.75, 3.05) is 0 Å². The molecule has 1 unspecified atom stereocenters. The Morgan fingerprint density at radius 2 is 2.12 bits per heavy atom. The van der Waals surface area contributed by atoms with E-state index in [1.54, 1.807) is 19.1 Å². The average Bonchev–Trinajstić information content (AvgIpc) is 3.16. The minimum atomic E-state index is -0.447. The van der Waals surface area contributed by atoms with Crippen LogP contribution in [-0.2, 0) is 0 Å². The number of rotatable bonds is 5. The molecule has 24 heavy (non-hydrogen) atoms. The van der Waals surface area contributed by atoms with E-state index >= 15 is 0 Å². The standard InChI is InChI=1S/C16H17N5O3/c1-9-7-11(3)21-16(18-9)19-14(20-21)15(23)17-10(2)8-12(22)13-5-4-6-24-13/h4-7,10H,8H2,1-3H3,(H,17,23). The number of carbonyl (C=O) groups is 2. The minimum absolute atomic E-state index is 0.0218. The third-order valence-corrected chi connectivity index (χ3v) is 3.49. The van der Waals surface area contributed by atoms with E-state index in [1.165, 1.54) is 10.8 Å². The van der Waals surface area contributed by atoms with Crippen LogP contribution in [0.1, 0.15) is 45.9 Å². The summed E-state index contributed by atoms with van der Waals surface area (Å²) in [7, 11) is 0. The highest BCUT2D eigenvalue weighted by Crippen LogP contribution is 2.08. The molecule has 0 aromatic carbocycles. The van der Waals surface area contributed by atoms with Gasteiger partial charge in [0, 0.05) is 23.9 Å². The van der Waals surface area contributed by atoms with Crippen LogP contribution in [0.3, 0.4) is 0 Å². The van der Waals surface area contributed by atoms with E-state index in [4.69, 9.17) is 4.42 Å². The van der Waals surface area contributed by atoms with Gasteiger partial charge in [0.1, 0.15) is 0 Å². The lowest BCUT2D eigenvalue weighted by Crippen LogP contribution is -2.34. The van der Waals surface area contributed by atoms with E-state index in [9.17, 15) is 9.59 Å². The van der Waals surface area contributed by atoms with E-state index in [1.807, 2.05) is 19.9 Å². The van der Waals surface area contributed by atoms with E-state index in [-0.39, 0.29) is 29.8 Å². The Balaban J connectivity index is 1.70. The van der Waals surface area contributed by atoms with Crippen molar-refractivity contribution in [2.24, 2.45) is 0 Å². The second-order valence-corrected chi connectivity index (χ2v) is 5.67. The second kappa shape index (κ2) is 6.23. The molecule has 3 rings (SSSR count). The lowest BCUT2D eigenvalue weighted by Gasteiger charge is -2.10. The smallest absolute Gasteiger partial charge is 0.291 e. The molecule has 124 valence electrons. The molecule has 1 atom stereocenters. The summed E-state index contributed by atoms with van der Waals surface area (Å²) >= 11 is 0. The molecule has 0 fully saturated rings. The molecular weight excluding hydrogens is 310 g/mol. The van der Waals surface area contributed by atoms with Gasteiger partial charge >= 0.3 is 0 Å². The Bertz CT molecular complexity index is 898. The fourth-order valence-electron chi connectivity index (χ4n) is 2.42. The highest BCUT2D eigenvalue weighted by Gasteiger charge is 2.19. The highest BCUT2D eigenvalue weighted by atomic mass is 16.3. The Morgan fingerprint density at radius 3 is 2.83 bits per heavy atom. The van der Waals surface area contributed by atoms with Crippen LogP contribution in [0.5, 0.6) is 0 Å². The summed E-state index contributed by atoms with van der Waals surface area (Å²) in [5, 5.41) is 6.88. The van der Waals surface area contributed by atoms with Crippen LogP contribution in [-0.4, -0.2) is 37.3 Å². The van der Waals surface area contributed by atoms with Gasteiger partial charge in [0.15, 0.2) is 11.5 Å². The zero-order valence-electron chi connectivity index (χ0n) is 13.6. The van der Waals surface area contributed by atoms with Crippen LogP contribution >= 0.6 is 0 Å². The summed E-state index contributed by atoms with van der Waals surface area (Å²) in [5.74, 6) is 0.0453. The Kier molecular flexibility index (Phi) is 4.11. The molecule has 0 radical (unpaired) electrons. The van der Waals surface area contributed by atoms with Crippen LogP contribution < -0.4 is 5.32 Å². The molecular formula is C16H17N5O3.